The lowest BCUT2D eigenvalue weighted by atomic mass is 9.94. The first-order valence-corrected chi connectivity index (χ1v) is 7.02. The number of nitrogen functional groups attached to an aromatic ring is 1. The summed E-state index contributed by atoms with van der Waals surface area (Å²) >= 11 is 6.01. The third kappa shape index (κ3) is 3.82. The van der Waals surface area contributed by atoms with E-state index in [1.165, 1.54) is 4.90 Å². The number of anilines is 1. The van der Waals surface area contributed by atoms with Crippen LogP contribution in [0.5, 0.6) is 0 Å². The second-order valence-corrected chi connectivity index (χ2v) is 5.58. The molecule has 0 aromatic carbocycles. The van der Waals surface area contributed by atoms with Gasteiger partial charge in [0, 0.05) is 39.6 Å². The maximum atomic E-state index is 12.4. The van der Waals surface area contributed by atoms with E-state index in [9.17, 15) is 9.90 Å². The number of hydrogen-bond acceptors (Lipinski definition) is 6. The van der Waals surface area contributed by atoms with Crippen LogP contribution in [-0.2, 0) is 4.74 Å². The summed E-state index contributed by atoms with van der Waals surface area (Å²) in [7, 11) is 1.61. The fourth-order valence-corrected chi connectivity index (χ4v) is 2.46. The van der Waals surface area contributed by atoms with Crippen LogP contribution in [0.15, 0.2) is 12.1 Å². The summed E-state index contributed by atoms with van der Waals surface area (Å²) < 4.78 is 5.22. The molecule has 1 aliphatic heterocycles. The lowest BCUT2D eigenvalue weighted by molar-refractivity contribution is -0.0734. The van der Waals surface area contributed by atoms with E-state index < -0.39 is 5.60 Å². The molecule has 0 saturated carbocycles. The summed E-state index contributed by atoms with van der Waals surface area (Å²) in [5, 5.41) is 10.7. The first kappa shape index (κ1) is 16.0. The fourth-order valence-electron chi connectivity index (χ4n) is 2.28. The normalized spacial score (nSPS) is 17.3. The number of carbonyl (C=O) groups is 1. The van der Waals surface area contributed by atoms with Crippen LogP contribution in [0.2, 0.25) is 5.02 Å². The number of aliphatic hydroxyl groups is 1. The molecule has 7 nitrogen and oxygen atoms in total. The minimum Gasteiger partial charge on any atom is -0.388 e. The number of hydrazine groups is 1. The van der Waals surface area contributed by atoms with E-state index in [0.717, 1.165) is 0 Å². The number of nitrogens with two attached hydrogens (primary N) is 1. The quantitative estimate of drug-likeness (QED) is 0.557. The summed E-state index contributed by atoms with van der Waals surface area (Å²) in [6.07, 6.45) is 0.992. The second kappa shape index (κ2) is 6.57. The Morgan fingerprint density at radius 3 is 2.86 bits per heavy atom. The molecule has 1 saturated heterocycles. The lowest BCUT2D eigenvalue weighted by Gasteiger charge is -2.35. The number of halogens is 1. The molecule has 2 rings (SSSR count). The molecule has 4 N–H and O–H groups in total. The smallest absolute Gasteiger partial charge is 0.273 e. The van der Waals surface area contributed by atoms with Crippen LogP contribution in [-0.4, -0.2) is 53.3 Å². The van der Waals surface area contributed by atoms with Crippen molar-refractivity contribution in [3.05, 3.63) is 22.8 Å². The minimum atomic E-state index is -0.932. The van der Waals surface area contributed by atoms with Crippen LogP contribution in [0.1, 0.15) is 23.3 Å². The zero-order valence-corrected chi connectivity index (χ0v) is 12.6. The summed E-state index contributed by atoms with van der Waals surface area (Å²) in [6.45, 7) is 1.18. The van der Waals surface area contributed by atoms with Crippen LogP contribution in [0, 0.1) is 0 Å². The first-order chi connectivity index (χ1) is 9.95. The zero-order chi connectivity index (χ0) is 15.5. The molecule has 0 atom stereocenters. The van der Waals surface area contributed by atoms with Crippen molar-refractivity contribution in [1.29, 1.82) is 0 Å². The third-order valence-corrected chi connectivity index (χ3v) is 3.80. The molecule has 1 amide bonds. The number of hydrogen-bond donors (Lipinski definition) is 3. The van der Waals surface area contributed by atoms with Gasteiger partial charge in [-0.15, -0.1) is 0 Å². The number of aromatic nitrogens is 1. The highest BCUT2D eigenvalue weighted by molar-refractivity contribution is 6.33. The van der Waals surface area contributed by atoms with Crippen molar-refractivity contribution in [2.45, 2.75) is 18.4 Å². The largest absolute Gasteiger partial charge is 0.388 e. The molecule has 0 spiro atoms. The predicted octanol–water partition coefficient (Wildman–Crippen LogP) is 0.634. The van der Waals surface area contributed by atoms with Crippen molar-refractivity contribution in [3.8, 4) is 0 Å². The molecule has 116 valence electrons. The SMILES string of the molecule is CN(CC1(O)CCOCC1)C(=O)c1nc(NN)ccc1Cl. The van der Waals surface area contributed by atoms with Gasteiger partial charge in [-0.05, 0) is 12.1 Å². The van der Waals surface area contributed by atoms with Crippen molar-refractivity contribution in [2.75, 3.05) is 32.2 Å². The van der Waals surface area contributed by atoms with Crippen LogP contribution >= 0.6 is 11.6 Å². The molecule has 0 bridgehead atoms. The van der Waals surface area contributed by atoms with E-state index in [0.29, 0.717) is 31.9 Å². The molecule has 1 aliphatic rings. The number of amides is 1. The Morgan fingerprint density at radius 2 is 2.24 bits per heavy atom. The van der Waals surface area contributed by atoms with Gasteiger partial charge in [-0.1, -0.05) is 11.6 Å². The van der Waals surface area contributed by atoms with Gasteiger partial charge in [-0.3, -0.25) is 4.79 Å². The number of ether oxygens (including phenoxy) is 1. The maximum Gasteiger partial charge on any atom is 0.273 e. The van der Waals surface area contributed by atoms with Gasteiger partial charge < -0.3 is 20.2 Å². The summed E-state index contributed by atoms with van der Waals surface area (Å²) in [6, 6.07) is 3.12. The molecule has 2 heterocycles. The topological polar surface area (TPSA) is 101 Å². The van der Waals surface area contributed by atoms with Gasteiger partial charge in [0.2, 0.25) is 0 Å². The summed E-state index contributed by atoms with van der Waals surface area (Å²) in [5.74, 6) is 5.27. The van der Waals surface area contributed by atoms with E-state index in [-0.39, 0.29) is 23.2 Å². The molecule has 1 aromatic heterocycles. The highest BCUT2D eigenvalue weighted by Gasteiger charge is 2.33. The van der Waals surface area contributed by atoms with Crippen molar-refractivity contribution in [3.63, 3.8) is 0 Å². The Labute approximate surface area is 128 Å². The Kier molecular flexibility index (Phi) is 5.00. The van der Waals surface area contributed by atoms with E-state index in [4.69, 9.17) is 22.2 Å². The number of carbonyl (C=O) groups excluding carboxylic acids is 1. The lowest BCUT2D eigenvalue weighted by Crippen LogP contribution is -2.47. The molecule has 1 aromatic rings. The predicted molar refractivity (Wildman–Crippen MR) is 79.0 cm³/mol. The number of rotatable bonds is 4. The van der Waals surface area contributed by atoms with E-state index >= 15 is 0 Å². The number of likely N-dealkylation sites (N-methyl/N-ethyl adjacent to an activating group) is 1. The van der Waals surface area contributed by atoms with E-state index in [1.807, 2.05) is 0 Å². The van der Waals surface area contributed by atoms with Crippen LogP contribution < -0.4 is 11.3 Å². The van der Waals surface area contributed by atoms with Crippen molar-refractivity contribution in [1.82, 2.24) is 9.88 Å². The monoisotopic (exact) mass is 314 g/mol. The summed E-state index contributed by atoms with van der Waals surface area (Å²) in [5.41, 5.74) is 1.54. The second-order valence-electron chi connectivity index (χ2n) is 5.17. The molecule has 0 radical (unpaired) electrons. The van der Waals surface area contributed by atoms with Crippen LogP contribution in [0.4, 0.5) is 5.82 Å². The Hall–Kier alpha value is -1.41. The Bertz CT molecular complexity index is 520. The fraction of sp³-hybridized carbons (Fsp3) is 0.538. The third-order valence-electron chi connectivity index (χ3n) is 3.50. The minimum absolute atomic E-state index is 0.102. The molecular formula is C13H19ClN4O3. The molecule has 21 heavy (non-hydrogen) atoms. The average molecular weight is 315 g/mol. The van der Waals surface area contributed by atoms with Crippen molar-refractivity contribution in [2.24, 2.45) is 5.84 Å². The average Bonchev–Trinajstić information content (AvgIpc) is 2.47. The highest BCUT2D eigenvalue weighted by Crippen LogP contribution is 2.23. The molecular weight excluding hydrogens is 296 g/mol. The van der Waals surface area contributed by atoms with E-state index in [2.05, 4.69) is 10.4 Å². The van der Waals surface area contributed by atoms with Gasteiger partial charge in [-0.2, -0.15) is 0 Å². The number of pyridine rings is 1. The van der Waals surface area contributed by atoms with E-state index in [1.54, 1.807) is 19.2 Å². The Morgan fingerprint density at radius 1 is 1.57 bits per heavy atom. The van der Waals surface area contributed by atoms with Crippen LogP contribution in [0.25, 0.3) is 0 Å². The van der Waals surface area contributed by atoms with Gasteiger partial charge in [0.25, 0.3) is 5.91 Å². The van der Waals surface area contributed by atoms with Gasteiger partial charge in [0.15, 0.2) is 0 Å². The number of nitrogens with zero attached hydrogens (tertiary/aromatic N) is 2. The molecule has 0 aliphatic carbocycles. The molecule has 8 heteroatoms. The van der Waals surface area contributed by atoms with Crippen molar-refractivity contribution < 1.29 is 14.6 Å². The van der Waals surface area contributed by atoms with Crippen LogP contribution in [0.3, 0.4) is 0 Å². The number of nitrogens with one attached hydrogen (secondary N) is 1. The standard InChI is InChI=1S/C13H19ClN4O3/c1-18(8-13(20)4-6-21-7-5-13)12(19)11-9(14)2-3-10(16-11)17-15/h2-3,20H,4-8,15H2,1H3,(H,16,17). The first-order valence-electron chi connectivity index (χ1n) is 6.64. The van der Waals surface area contributed by atoms with Gasteiger partial charge in [0.05, 0.1) is 10.6 Å². The van der Waals surface area contributed by atoms with Crippen molar-refractivity contribution >= 4 is 23.3 Å². The Balaban J connectivity index is 2.11. The highest BCUT2D eigenvalue weighted by atomic mass is 35.5. The van der Waals surface area contributed by atoms with Gasteiger partial charge in [-0.25, -0.2) is 10.8 Å². The molecule has 1 fully saturated rings. The summed E-state index contributed by atoms with van der Waals surface area (Å²) in [4.78, 5) is 17.9. The van der Waals surface area contributed by atoms with Gasteiger partial charge in [0.1, 0.15) is 11.5 Å². The zero-order valence-electron chi connectivity index (χ0n) is 11.8. The maximum absolute atomic E-state index is 12.4. The molecule has 0 unspecified atom stereocenters. The van der Waals surface area contributed by atoms with Gasteiger partial charge >= 0.3 is 0 Å².